The molecule has 174 valence electrons. The molecule has 34 heavy (non-hydrogen) atoms. The maximum Gasteiger partial charge on any atom is 0.332 e. The van der Waals surface area contributed by atoms with Gasteiger partial charge < -0.3 is 11.1 Å². The molecule has 0 aliphatic rings. The minimum absolute atomic E-state index is 0.0673. The Bertz CT molecular complexity index is 1440. The van der Waals surface area contributed by atoms with Crippen molar-refractivity contribution >= 4 is 45.5 Å². The zero-order valence-electron chi connectivity index (χ0n) is 18.5. The second-order valence-corrected chi connectivity index (χ2v) is 9.75. The van der Waals surface area contributed by atoms with Crippen LogP contribution < -0.4 is 22.3 Å². The molecule has 2 aromatic carbocycles. The van der Waals surface area contributed by atoms with Gasteiger partial charge in [0, 0.05) is 12.7 Å². The molecule has 11 heteroatoms. The molecule has 9 nitrogen and oxygen atoms in total. The van der Waals surface area contributed by atoms with Crippen LogP contribution in [-0.4, -0.2) is 30.9 Å². The van der Waals surface area contributed by atoms with E-state index in [1.807, 2.05) is 61.5 Å². The van der Waals surface area contributed by atoms with Crippen LogP contribution in [-0.2, 0) is 13.6 Å². The summed E-state index contributed by atoms with van der Waals surface area (Å²) in [7, 11) is 1.34. The minimum Gasteiger partial charge on any atom is -0.384 e. The number of nitrogen functional groups attached to an aromatic ring is 1. The molecule has 0 atom stereocenters. The number of ketones is 1. The minimum atomic E-state index is -0.712. The fraction of sp³-hybridized carbons (Fsp3) is 0.174. The lowest BCUT2D eigenvalue weighted by Gasteiger charge is -2.14. The topological polar surface area (TPSA) is 125 Å². The number of Topliss-reactive ketones (excluding diaryl/α,β-unsaturated/α-hetero) is 1. The molecule has 0 fully saturated rings. The number of hydrogen-bond donors (Lipinski definition) is 2. The van der Waals surface area contributed by atoms with Crippen LogP contribution >= 0.6 is 23.1 Å². The molecule has 4 rings (SSSR count). The molecular weight excluding hydrogens is 472 g/mol. The summed E-state index contributed by atoms with van der Waals surface area (Å²) < 4.78 is 2.71. The van der Waals surface area contributed by atoms with Crippen LogP contribution in [0.5, 0.6) is 0 Å². The highest BCUT2D eigenvalue weighted by Crippen LogP contribution is 2.28. The molecule has 4 aromatic rings. The van der Waals surface area contributed by atoms with Crippen LogP contribution in [0.15, 0.2) is 68.5 Å². The highest BCUT2D eigenvalue weighted by molar-refractivity contribution is 8.01. The van der Waals surface area contributed by atoms with Crippen molar-refractivity contribution in [3.63, 3.8) is 0 Å². The van der Waals surface area contributed by atoms with E-state index in [2.05, 4.69) is 15.5 Å². The largest absolute Gasteiger partial charge is 0.384 e. The smallest absolute Gasteiger partial charge is 0.332 e. The molecule has 0 spiro atoms. The first-order chi connectivity index (χ1) is 16.3. The van der Waals surface area contributed by atoms with E-state index >= 15 is 0 Å². The van der Waals surface area contributed by atoms with Crippen molar-refractivity contribution in [2.75, 3.05) is 16.8 Å². The fourth-order valence-corrected chi connectivity index (χ4v) is 4.89. The Morgan fingerprint density at radius 1 is 1.09 bits per heavy atom. The van der Waals surface area contributed by atoms with Gasteiger partial charge in [0.15, 0.2) is 10.1 Å². The highest BCUT2D eigenvalue weighted by Gasteiger charge is 2.22. The van der Waals surface area contributed by atoms with E-state index in [9.17, 15) is 14.4 Å². The summed E-state index contributed by atoms with van der Waals surface area (Å²) >= 11 is 2.45. The second-order valence-electron chi connectivity index (χ2n) is 7.55. The molecule has 0 unspecified atom stereocenters. The molecule has 2 heterocycles. The molecule has 0 saturated carbocycles. The van der Waals surface area contributed by atoms with E-state index in [0.717, 1.165) is 33.1 Å². The predicted molar refractivity (Wildman–Crippen MR) is 135 cm³/mol. The number of carbonyl (C=O) groups excluding carboxylic acids is 1. The maximum atomic E-state index is 13.0. The van der Waals surface area contributed by atoms with E-state index in [4.69, 9.17) is 5.73 Å². The summed E-state index contributed by atoms with van der Waals surface area (Å²) in [5.41, 5.74) is 7.52. The van der Waals surface area contributed by atoms with E-state index in [1.54, 1.807) is 0 Å². The number of nitrogens with one attached hydrogen (secondary N) is 1. The summed E-state index contributed by atoms with van der Waals surface area (Å²) in [6.45, 7) is 2.16. The number of rotatable bonds is 8. The van der Waals surface area contributed by atoms with E-state index in [1.165, 1.54) is 23.0 Å². The van der Waals surface area contributed by atoms with Crippen LogP contribution in [0.2, 0.25) is 0 Å². The SMILES string of the molecule is Cc1ccc(Nc2nnc(SCC(=O)c3c(N)n(Cc4ccccc4)c(=O)n(C)c3=O)s2)cc1. The van der Waals surface area contributed by atoms with Gasteiger partial charge in [-0.2, -0.15) is 0 Å². The van der Waals surface area contributed by atoms with E-state index in [-0.39, 0.29) is 23.7 Å². The number of benzene rings is 2. The van der Waals surface area contributed by atoms with Gasteiger partial charge in [-0.1, -0.05) is 71.1 Å². The monoisotopic (exact) mass is 494 g/mol. The normalized spacial score (nSPS) is 10.9. The van der Waals surface area contributed by atoms with E-state index < -0.39 is 17.0 Å². The van der Waals surface area contributed by atoms with Gasteiger partial charge in [0.05, 0.1) is 12.3 Å². The van der Waals surface area contributed by atoms with Crippen LogP contribution in [0.4, 0.5) is 16.6 Å². The van der Waals surface area contributed by atoms with Crippen molar-refractivity contribution in [3.05, 3.63) is 92.1 Å². The van der Waals surface area contributed by atoms with Crippen molar-refractivity contribution in [1.82, 2.24) is 19.3 Å². The van der Waals surface area contributed by atoms with Gasteiger partial charge in [-0.15, -0.1) is 10.2 Å². The van der Waals surface area contributed by atoms with Gasteiger partial charge in [-0.05, 0) is 24.6 Å². The van der Waals surface area contributed by atoms with Crippen LogP contribution in [0, 0.1) is 6.92 Å². The highest BCUT2D eigenvalue weighted by atomic mass is 32.2. The van der Waals surface area contributed by atoms with Crippen LogP contribution in [0.3, 0.4) is 0 Å². The Morgan fingerprint density at radius 2 is 1.79 bits per heavy atom. The number of carbonyl (C=O) groups is 1. The molecule has 2 aromatic heterocycles. The number of aryl methyl sites for hydroxylation is 1. The first-order valence-corrected chi connectivity index (χ1v) is 12.1. The Morgan fingerprint density at radius 3 is 2.50 bits per heavy atom. The van der Waals surface area contributed by atoms with Gasteiger partial charge in [0.25, 0.3) is 5.56 Å². The van der Waals surface area contributed by atoms with Crippen LogP contribution in [0.25, 0.3) is 0 Å². The fourth-order valence-electron chi connectivity index (χ4n) is 3.24. The summed E-state index contributed by atoms with van der Waals surface area (Å²) in [5.74, 6) is -0.683. The molecule has 0 amide bonds. The number of nitrogens with zero attached hydrogens (tertiary/aromatic N) is 4. The lowest BCUT2D eigenvalue weighted by molar-refractivity contribution is 0.102. The summed E-state index contributed by atoms with van der Waals surface area (Å²) in [6, 6.07) is 17.1. The van der Waals surface area contributed by atoms with Crippen molar-refractivity contribution < 1.29 is 4.79 Å². The number of aromatic nitrogens is 4. The van der Waals surface area contributed by atoms with Crippen molar-refractivity contribution in [3.8, 4) is 0 Å². The standard InChI is InChI=1S/C23H22N6O3S2/c1-14-8-10-16(11-9-14)25-21-26-27-22(34-21)33-13-17(30)18-19(24)29(23(32)28(2)20(18)31)12-15-6-4-3-5-7-15/h3-11H,12-13,24H2,1-2H3,(H,25,26). The first kappa shape index (κ1) is 23.5. The van der Waals surface area contributed by atoms with Gasteiger partial charge in [0.1, 0.15) is 11.4 Å². The van der Waals surface area contributed by atoms with Crippen LogP contribution in [0.1, 0.15) is 21.5 Å². The number of hydrogen-bond acceptors (Lipinski definition) is 9. The average Bonchev–Trinajstić information content (AvgIpc) is 3.29. The zero-order valence-corrected chi connectivity index (χ0v) is 20.2. The first-order valence-electron chi connectivity index (χ1n) is 10.3. The van der Waals surface area contributed by atoms with Gasteiger partial charge in [-0.25, -0.2) is 4.79 Å². The van der Waals surface area contributed by atoms with Gasteiger partial charge >= 0.3 is 5.69 Å². The Balaban J connectivity index is 1.51. The quantitative estimate of drug-likeness (QED) is 0.283. The Kier molecular flexibility index (Phi) is 6.94. The second kappa shape index (κ2) is 10.1. The number of nitrogens with two attached hydrogens (primary N) is 1. The number of anilines is 3. The van der Waals surface area contributed by atoms with E-state index in [0.29, 0.717) is 9.47 Å². The molecular formula is C23H22N6O3S2. The lowest BCUT2D eigenvalue weighted by Crippen LogP contribution is -2.43. The lowest BCUT2D eigenvalue weighted by atomic mass is 10.2. The van der Waals surface area contributed by atoms with Gasteiger partial charge in [0.2, 0.25) is 5.13 Å². The number of thioether (sulfide) groups is 1. The summed E-state index contributed by atoms with van der Waals surface area (Å²) in [4.78, 5) is 38.3. The third-order valence-electron chi connectivity index (χ3n) is 5.08. The summed E-state index contributed by atoms with van der Waals surface area (Å²) in [5, 5.41) is 11.9. The predicted octanol–water partition coefficient (Wildman–Crippen LogP) is 3.06. The third kappa shape index (κ3) is 5.10. The Hall–Kier alpha value is -3.70. The van der Waals surface area contributed by atoms with Crippen molar-refractivity contribution in [2.24, 2.45) is 7.05 Å². The molecule has 0 bridgehead atoms. The molecule has 0 radical (unpaired) electrons. The van der Waals surface area contributed by atoms with Gasteiger partial charge in [-0.3, -0.25) is 18.7 Å². The average molecular weight is 495 g/mol. The maximum absolute atomic E-state index is 13.0. The molecule has 0 aliphatic carbocycles. The Labute approximate surface area is 203 Å². The third-order valence-corrected chi connectivity index (χ3v) is 7.05. The molecule has 0 saturated heterocycles. The van der Waals surface area contributed by atoms with Crippen molar-refractivity contribution in [2.45, 2.75) is 17.8 Å². The summed E-state index contributed by atoms with van der Waals surface area (Å²) in [6.07, 6.45) is 0. The van der Waals surface area contributed by atoms with Crippen molar-refractivity contribution in [1.29, 1.82) is 0 Å². The zero-order chi connectivity index (χ0) is 24.2. The molecule has 3 N–H and O–H groups in total. The molecule has 0 aliphatic heterocycles.